The van der Waals surface area contributed by atoms with Crippen LogP contribution in [0.25, 0.3) is 11.0 Å². The van der Waals surface area contributed by atoms with Crippen molar-refractivity contribution in [1.29, 1.82) is 0 Å². The van der Waals surface area contributed by atoms with E-state index in [1.807, 2.05) is 0 Å². The van der Waals surface area contributed by atoms with E-state index in [4.69, 9.17) is 0 Å². The van der Waals surface area contributed by atoms with Gasteiger partial charge in [0.25, 0.3) is 11.5 Å². The molecule has 3 aromatic rings. The van der Waals surface area contributed by atoms with E-state index >= 15 is 0 Å². The van der Waals surface area contributed by atoms with Gasteiger partial charge in [-0.3, -0.25) is 14.6 Å². The van der Waals surface area contributed by atoms with Crippen molar-refractivity contribution in [2.75, 3.05) is 13.2 Å². The van der Waals surface area contributed by atoms with Gasteiger partial charge in [0.15, 0.2) is 5.75 Å². The van der Waals surface area contributed by atoms with E-state index in [0.717, 1.165) is 11.1 Å². The number of benzene rings is 1. The quantitative estimate of drug-likeness (QED) is 0.465. The second-order valence-electron chi connectivity index (χ2n) is 6.06. The minimum atomic E-state index is -0.817. The normalized spacial score (nSPS) is 10.5. The number of carbonyl (C=O) groups excluding carboxylic acids is 1. The maximum atomic E-state index is 13.0. The minimum absolute atomic E-state index is 0. The predicted molar refractivity (Wildman–Crippen MR) is 95.1 cm³/mol. The number of nitrogens with zero attached hydrogens (tertiary/aromatic N) is 2. The SMILES string of the molecule is Cn1c(=O)c(C(=O)NCC[O-])c(O)c2ncc(Cc3ccc(F)cc3)cc21.[Na+]. The number of pyridine rings is 2. The summed E-state index contributed by atoms with van der Waals surface area (Å²) in [6.45, 7) is -0.686. The van der Waals surface area contributed by atoms with Crippen molar-refractivity contribution in [2.45, 2.75) is 6.42 Å². The number of hydrogen-bond acceptors (Lipinski definition) is 5. The van der Waals surface area contributed by atoms with Crippen LogP contribution < -0.4 is 45.5 Å². The zero-order valence-corrected chi connectivity index (χ0v) is 17.5. The van der Waals surface area contributed by atoms with Crippen LogP contribution in [0.2, 0.25) is 0 Å². The second-order valence-corrected chi connectivity index (χ2v) is 6.06. The molecule has 7 nitrogen and oxygen atoms in total. The van der Waals surface area contributed by atoms with Crippen LogP contribution in [0.15, 0.2) is 41.3 Å². The fourth-order valence-electron chi connectivity index (χ4n) is 2.82. The van der Waals surface area contributed by atoms with Gasteiger partial charge in [0.05, 0.1) is 5.52 Å². The third-order valence-electron chi connectivity index (χ3n) is 4.20. The summed E-state index contributed by atoms with van der Waals surface area (Å²) < 4.78 is 14.3. The predicted octanol–water partition coefficient (Wildman–Crippen LogP) is -2.54. The first-order valence-electron chi connectivity index (χ1n) is 8.23. The van der Waals surface area contributed by atoms with E-state index in [-0.39, 0.29) is 47.4 Å². The smallest absolute Gasteiger partial charge is 0.853 e. The standard InChI is InChI=1S/C19H17FN3O4.Na/c1-23-14-9-12(8-11-2-4-13(20)5-3-11)10-22-16(14)17(25)15(19(23)27)18(26)21-6-7-24;/h2-5,9-10,25H,6-8H2,1H3,(H,21,26);/q-1;+1. The fraction of sp³-hybridized carbons (Fsp3) is 0.211. The molecule has 2 aromatic heterocycles. The number of aromatic nitrogens is 2. The summed E-state index contributed by atoms with van der Waals surface area (Å²) in [6.07, 6.45) is 1.99. The van der Waals surface area contributed by atoms with Crippen LogP contribution in [-0.2, 0) is 13.5 Å². The Morgan fingerprint density at radius 3 is 2.61 bits per heavy atom. The number of hydrogen-bond donors (Lipinski definition) is 2. The number of aromatic hydroxyl groups is 1. The van der Waals surface area contributed by atoms with Crippen LogP contribution in [0.5, 0.6) is 5.75 Å². The topological polar surface area (TPSA) is 107 Å². The molecule has 0 fully saturated rings. The molecule has 0 unspecified atom stereocenters. The van der Waals surface area contributed by atoms with Gasteiger partial charge < -0.3 is 20.1 Å². The van der Waals surface area contributed by atoms with Gasteiger partial charge in [-0.2, -0.15) is 0 Å². The van der Waals surface area contributed by atoms with E-state index in [0.29, 0.717) is 11.9 Å². The molecule has 0 aliphatic carbocycles. The number of nitrogens with one attached hydrogen (secondary N) is 1. The summed E-state index contributed by atoms with van der Waals surface area (Å²) in [4.78, 5) is 28.8. The number of carbonyl (C=O) groups is 1. The molecule has 0 spiro atoms. The third-order valence-corrected chi connectivity index (χ3v) is 4.20. The molecule has 0 bridgehead atoms. The molecule has 0 radical (unpaired) electrons. The number of aryl methyl sites for hydroxylation is 1. The van der Waals surface area contributed by atoms with Crippen LogP contribution >= 0.6 is 0 Å². The monoisotopic (exact) mass is 393 g/mol. The first-order valence-corrected chi connectivity index (χ1v) is 8.23. The van der Waals surface area contributed by atoms with Crippen LogP contribution in [0.4, 0.5) is 4.39 Å². The van der Waals surface area contributed by atoms with Crippen LogP contribution in [-0.4, -0.2) is 33.7 Å². The molecule has 2 heterocycles. The maximum absolute atomic E-state index is 13.0. The molecular weight excluding hydrogens is 376 g/mol. The molecule has 3 rings (SSSR count). The van der Waals surface area contributed by atoms with Crippen molar-refractivity contribution in [3.8, 4) is 5.75 Å². The van der Waals surface area contributed by atoms with Gasteiger partial charge in [0.2, 0.25) is 0 Å². The summed E-state index contributed by atoms with van der Waals surface area (Å²) in [5.41, 5.74) is 0.943. The van der Waals surface area contributed by atoms with E-state index in [2.05, 4.69) is 10.3 Å². The van der Waals surface area contributed by atoms with Crippen molar-refractivity contribution in [2.24, 2.45) is 7.05 Å². The van der Waals surface area contributed by atoms with Crippen molar-refractivity contribution in [3.63, 3.8) is 0 Å². The van der Waals surface area contributed by atoms with Gasteiger partial charge in [-0.25, -0.2) is 4.39 Å². The molecule has 140 valence electrons. The summed E-state index contributed by atoms with van der Waals surface area (Å²) in [5, 5.41) is 23.2. The van der Waals surface area contributed by atoms with E-state index in [1.54, 1.807) is 18.2 Å². The molecule has 28 heavy (non-hydrogen) atoms. The first kappa shape index (κ1) is 22.0. The number of fused-ring (bicyclic) bond motifs is 1. The molecule has 1 aromatic carbocycles. The number of halogens is 1. The van der Waals surface area contributed by atoms with Crippen LogP contribution in [0, 0.1) is 5.82 Å². The van der Waals surface area contributed by atoms with E-state index < -0.39 is 29.4 Å². The van der Waals surface area contributed by atoms with Crippen molar-refractivity contribution in [1.82, 2.24) is 14.9 Å². The van der Waals surface area contributed by atoms with Gasteiger partial charge in [0.1, 0.15) is 16.9 Å². The Bertz CT molecular complexity index is 1070. The molecule has 0 saturated carbocycles. The molecule has 2 N–H and O–H groups in total. The second kappa shape index (κ2) is 9.29. The largest absolute Gasteiger partial charge is 1.00 e. The van der Waals surface area contributed by atoms with E-state index in [9.17, 15) is 24.2 Å². The van der Waals surface area contributed by atoms with Gasteiger partial charge in [-0.15, -0.1) is 6.61 Å². The Labute approximate surface area is 182 Å². The molecule has 9 heteroatoms. The average molecular weight is 393 g/mol. The van der Waals surface area contributed by atoms with Crippen LogP contribution in [0.3, 0.4) is 0 Å². The molecule has 0 aliphatic heterocycles. The Kier molecular flexibility index (Phi) is 7.31. The van der Waals surface area contributed by atoms with Crippen molar-refractivity contribution >= 4 is 16.9 Å². The zero-order chi connectivity index (χ0) is 19.6. The molecule has 0 aliphatic rings. The van der Waals surface area contributed by atoms with Gasteiger partial charge in [-0.05, 0) is 35.7 Å². The Morgan fingerprint density at radius 1 is 1.29 bits per heavy atom. The number of amides is 1. The summed E-state index contributed by atoms with van der Waals surface area (Å²) in [7, 11) is 1.47. The minimum Gasteiger partial charge on any atom is -0.853 e. The summed E-state index contributed by atoms with van der Waals surface area (Å²) in [6, 6.07) is 7.71. The molecule has 1 amide bonds. The molecular formula is C19H17FN3NaO4. The van der Waals surface area contributed by atoms with E-state index in [1.165, 1.54) is 29.9 Å². The summed E-state index contributed by atoms with van der Waals surface area (Å²) >= 11 is 0. The molecule has 0 atom stereocenters. The Morgan fingerprint density at radius 2 is 1.96 bits per heavy atom. The van der Waals surface area contributed by atoms with Gasteiger partial charge in [-0.1, -0.05) is 12.1 Å². The molecule has 0 saturated heterocycles. The fourth-order valence-corrected chi connectivity index (χ4v) is 2.82. The van der Waals surface area contributed by atoms with Crippen molar-refractivity contribution in [3.05, 3.63) is 69.4 Å². The Hall–Kier alpha value is -2.26. The third kappa shape index (κ3) is 4.41. The van der Waals surface area contributed by atoms with Crippen molar-refractivity contribution < 1.29 is 49.0 Å². The van der Waals surface area contributed by atoms with Crippen LogP contribution in [0.1, 0.15) is 21.5 Å². The zero-order valence-electron chi connectivity index (χ0n) is 15.5. The van der Waals surface area contributed by atoms with Gasteiger partial charge in [0, 0.05) is 19.8 Å². The van der Waals surface area contributed by atoms with Gasteiger partial charge >= 0.3 is 29.6 Å². The number of rotatable bonds is 5. The maximum Gasteiger partial charge on any atom is 1.00 e. The Balaban J connectivity index is 0.00000280. The average Bonchev–Trinajstić information content (AvgIpc) is 2.66. The first-order chi connectivity index (χ1) is 12.9. The summed E-state index contributed by atoms with van der Waals surface area (Å²) in [5.74, 6) is -1.67.